The molecule has 0 aliphatic heterocycles. The number of aliphatic imine (C=N–C) groups is 1. The van der Waals surface area contributed by atoms with Crippen molar-refractivity contribution < 1.29 is 9.26 Å². The molecule has 1 saturated carbocycles. The third-order valence-corrected chi connectivity index (χ3v) is 4.71. The molecule has 0 bridgehead atoms. The first-order valence-electron chi connectivity index (χ1n) is 9.76. The van der Waals surface area contributed by atoms with Gasteiger partial charge in [0.05, 0.1) is 24.9 Å². The van der Waals surface area contributed by atoms with E-state index in [0.29, 0.717) is 19.3 Å². The van der Waals surface area contributed by atoms with Gasteiger partial charge in [0.25, 0.3) is 0 Å². The monoisotopic (exact) mass is 478 g/mol. The Balaban J connectivity index is 0.00000338. The van der Waals surface area contributed by atoms with Crippen molar-refractivity contribution >= 4 is 29.9 Å². The average molecular weight is 478 g/mol. The highest BCUT2D eigenvalue weighted by Crippen LogP contribution is 2.19. The van der Waals surface area contributed by atoms with Crippen molar-refractivity contribution in [3.8, 4) is 0 Å². The van der Waals surface area contributed by atoms with E-state index in [1.54, 1.807) is 0 Å². The minimum Gasteiger partial charge on any atom is -0.376 e. The fourth-order valence-electron chi connectivity index (χ4n) is 3.29. The molecule has 6 nitrogen and oxygen atoms in total. The van der Waals surface area contributed by atoms with Crippen LogP contribution in [0.15, 0.2) is 9.52 Å². The van der Waals surface area contributed by atoms with E-state index in [4.69, 9.17) is 9.26 Å². The lowest BCUT2D eigenvalue weighted by atomic mass is 10.1. The molecule has 0 radical (unpaired) electrons. The molecule has 1 aliphatic rings. The molecule has 1 aromatic heterocycles. The Morgan fingerprint density at radius 1 is 1.19 bits per heavy atom. The van der Waals surface area contributed by atoms with Gasteiger partial charge in [-0.05, 0) is 40.0 Å². The summed E-state index contributed by atoms with van der Waals surface area (Å²) in [6, 6.07) is 0. The van der Waals surface area contributed by atoms with E-state index in [2.05, 4.69) is 27.7 Å². The summed E-state index contributed by atoms with van der Waals surface area (Å²) >= 11 is 0. The summed E-state index contributed by atoms with van der Waals surface area (Å²) in [4.78, 5) is 4.62. The summed E-state index contributed by atoms with van der Waals surface area (Å²) in [5.74, 6) is 1.75. The highest BCUT2D eigenvalue weighted by molar-refractivity contribution is 14.0. The van der Waals surface area contributed by atoms with Crippen LogP contribution in [-0.4, -0.2) is 43.5 Å². The Kier molecular flexibility index (Phi) is 11.9. The molecule has 1 fully saturated rings. The van der Waals surface area contributed by atoms with Crippen LogP contribution < -0.4 is 10.6 Å². The quantitative estimate of drug-likeness (QED) is 0.196. The highest BCUT2D eigenvalue weighted by atomic mass is 127. The minimum atomic E-state index is 0. The summed E-state index contributed by atoms with van der Waals surface area (Å²) < 4.78 is 11.2. The number of hydrogen-bond donors (Lipinski definition) is 2. The Hall–Kier alpha value is -0.830. The Labute approximate surface area is 174 Å². The van der Waals surface area contributed by atoms with Gasteiger partial charge in [0.15, 0.2) is 5.96 Å². The SMILES string of the molecule is CCNC(=NCCOC1CCCCCC1)NCCc1c(C)noc1C.I. The second-order valence-electron chi connectivity index (χ2n) is 6.72. The predicted molar refractivity (Wildman–Crippen MR) is 117 cm³/mol. The maximum atomic E-state index is 6.00. The van der Waals surface area contributed by atoms with Crippen molar-refractivity contribution in [1.29, 1.82) is 0 Å². The normalized spacial score (nSPS) is 16.0. The molecule has 7 heteroatoms. The molecule has 150 valence electrons. The lowest BCUT2D eigenvalue weighted by Gasteiger charge is -2.15. The van der Waals surface area contributed by atoms with Crippen molar-refractivity contribution in [3.05, 3.63) is 17.0 Å². The van der Waals surface area contributed by atoms with Gasteiger partial charge in [0, 0.05) is 18.7 Å². The van der Waals surface area contributed by atoms with Crippen LogP contribution in [0.25, 0.3) is 0 Å². The van der Waals surface area contributed by atoms with Gasteiger partial charge in [-0.15, -0.1) is 24.0 Å². The van der Waals surface area contributed by atoms with Crippen LogP contribution in [0.4, 0.5) is 0 Å². The smallest absolute Gasteiger partial charge is 0.191 e. The number of aromatic nitrogens is 1. The molecular weight excluding hydrogens is 443 g/mol. The van der Waals surface area contributed by atoms with Gasteiger partial charge in [-0.2, -0.15) is 0 Å². The van der Waals surface area contributed by atoms with Crippen molar-refractivity contribution in [3.63, 3.8) is 0 Å². The summed E-state index contributed by atoms with van der Waals surface area (Å²) in [5.41, 5.74) is 2.15. The highest BCUT2D eigenvalue weighted by Gasteiger charge is 2.12. The molecule has 2 rings (SSSR count). The lowest BCUT2D eigenvalue weighted by Crippen LogP contribution is -2.38. The van der Waals surface area contributed by atoms with Gasteiger partial charge in [-0.3, -0.25) is 4.99 Å². The fraction of sp³-hybridized carbons (Fsp3) is 0.789. The van der Waals surface area contributed by atoms with Crippen LogP contribution in [-0.2, 0) is 11.2 Å². The number of halogens is 1. The first-order chi connectivity index (χ1) is 12.2. The Morgan fingerprint density at radius 3 is 2.54 bits per heavy atom. The molecule has 0 unspecified atom stereocenters. The van der Waals surface area contributed by atoms with E-state index >= 15 is 0 Å². The number of guanidine groups is 1. The minimum absolute atomic E-state index is 0. The zero-order valence-corrected chi connectivity index (χ0v) is 18.8. The maximum Gasteiger partial charge on any atom is 0.191 e. The van der Waals surface area contributed by atoms with E-state index in [1.165, 1.54) is 44.1 Å². The fourth-order valence-corrected chi connectivity index (χ4v) is 3.29. The molecule has 0 atom stereocenters. The lowest BCUT2D eigenvalue weighted by molar-refractivity contribution is 0.0487. The van der Waals surface area contributed by atoms with Crippen LogP contribution in [0.5, 0.6) is 0 Å². The zero-order valence-electron chi connectivity index (χ0n) is 16.5. The maximum absolute atomic E-state index is 6.00. The standard InChI is InChI=1S/C19H34N4O2.HI/c1-4-20-19(21-12-11-18-15(2)23-25-16(18)3)22-13-14-24-17-9-7-5-6-8-10-17;/h17H,4-14H2,1-3H3,(H2,20,21,22);1H. The average Bonchev–Trinajstić information content (AvgIpc) is 2.81. The van der Waals surface area contributed by atoms with Crippen molar-refractivity contribution in [2.24, 2.45) is 4.99 Å². The molecule has 1 aliphatic carbocycles. The van der Waals surface area contributed by atoms with E-state index in [1.807, 2.05) is 13.8 Å². The first kappa shape index (κ1) is 23.2. The second kappa shape index (κ2) is 13.4. The summed E-state index contributed by atoms with van der Waals surface area (Å²) in [6.07, 6.45) is 9.06. The Morgan fingerprint density at radius 2 is 1.92 bits per heavy atom. The van der Waals surface area contributed by atoms with Gasteiger partial charge in [-0.1, -0.05) is 30.8 Å². The van der Waals surface area contributed by atoms with Crippen LogP contribution >= 0.6 is 24.0 Å². The van der Waals surface area contributed by atoms with Crippen molar-refractivity contribution in [1.82, 2.24) is 15.8 Å². The topological polar surface area (TPSA) is 71.7 Å². The third-order valence-electron chi connectivity index (χ3n) is 4.71. The van der Waals surface area contributed by atoms with E-state index < -0.39 is 0 Å². The molecule has 0 spiro atoms. The molecular formula is C19H35IN4O2. The van der Waals surface area contributed by atoms with E-state index in [9.17, 15) is 0 Å². The third kappa shape index (κ3) is 8.24. The molecule has 1 aromatic rings. The number of nitrogens with one attached hydrogen (secondary N) is 2. The van der Waals surface area contributed by atoms with Crippen LogP contribution in [0.1, 0.15) is 62.5 Å². The van der Waals surface area contributed by atoms with Crippen LogP contribution in [0, 0.1) is 13.8 Å². The van der Waals surface area contributed by atoms with Crippen molar-refractivity contribution in [2.45, 2.75) is 71.8 Å². The van der Waals surface area contributed by atoms with Gasteiger partial charge < -0.3 is 19.9 Å². The Bertz CT molecular complexity index is 506. The molecule has 0 saturated heterocycles. The van der Waals surface area contributed by atoms with Gasteiger partial charge in [0.1, 0.15) is 5.76 Å². The predicted octanol–water partition coefficient (Wildman–Crippen LogP) is 3.75. The van der Waals surface area contributed by atoms with E-state index in [0.717, 1.165) is 36.9 Å². The summed E-state index contributed by atoms with van der Waals surface area (Å²) in [5, 5.41) is 10.7. The molecule has 0 amide bonds. The molecule has 1 heterocycles. The van der Waals surface area contributed by atoms with Gasteiger partial charge >= 0.3 is 0 Å². The van der Waals surface area contributed by atoms with Gasteiger partial charge in [-0.25, -0.2) is 0 Å². The van der Waals surface area contributed by atoms with Gasteiger partial charge in [0.2, 0.25) is 0 Å². The van der Waals surface area contributed by atoms with Crippen LogP contribution in [0.3, 0.4) is 0 Å². The number of aryl methyl sites for hydroxylation is 2. The summed E-state index contributed by atoms with van der Waals surface area (Å²) in [6.45, 7) is 9.06. The number of ether oxygens (including phenoxy) is 1. The largest absolute Gasteiger partial charge is 0.376 e. The number of hydrogen-bond acceptors (Lipinski definition) is 4. The molecule has 2 N–H and O–H groups in total. The van der Waals surface area contributed by atoms with E-state index in [-0.39, 0.29) is 24.0 Å². The zero-order chi connectivity index (χ0) is 17.9. The molecule has 26 heavy (non-hydrogen) atoms. The van der Waals surface area contributed by atoms with Crippen LogP contribution in [0.2, 0.25) is 0 Å². The number of nitrogens with zero attached hydrogens (tertiary/aromatic N) is 2. The van der Waals surface area contributed by atoms with Crippen molar-refractivity contribution in [2.75, 3.05) is 26.2 Å². The number of rotatable bonds is 8. The second-order valence-corrected chi connectivity index (χ2v) is 6.72. The molecule has 0 aromatic carbocycles. The first-order valence-corrected chi connectivity index (χ1v) is 9.76. The summed E-state index contributed by atoms with van der Waals surface area (Å²) in [7, 11) is 0.